The van der Waals surface area contributed by atoms with Crippen molar-refractivity contribution in [2.24, 2.45) is 0 Å². The van der Waals surface area contributed by atoms with Gasteiger partial charge in [-0.3, -0.25) is 14.6 Å². The minimum Gasteiger partial charge on any atom is -0.465 e. The van der Waals surface area contributed by atoms with Crippen molar-refractivity contribution >= 4 is 29.2 Å². The first-order valence-electron chi connectivity index (χ1n) is 10.3. The van der Waals surface area contributed by atoms with E-state index in [1.54, 1.807) is 36.6 Å². The lowest BCUT2D eigenvalue weighted by molar-refractivity contribution is 0.121. The van der Waals surface area contributed by atoms with Crippen LogP contribution < -0.4 is 10.5 Å². The van der Waals surface area contributed by atoms with Gasteiger partial charge in [0.25, 0.3) is 5.56 Å². The summed E-state index contributed by atoms with van der Waals surface area (Å²) in [6, 6.07) is 12.0. The van der Waals surface area contributed by atoms with Crippen LogP contribution in [-0.4, -0.2) is 45.0 Å². The molecule has 0 aliphatic carbocycles. The second kappa shape index (κ2) is 8.51. The third kappa shape index (κ3) is 3.44. The number of anilines is 1. The van der Waals surface area contributed by atoms with E-state index in [9.17, 15) is 24.6 Å². The fourth-order valence-corrected chi connectivity index (χ4v) is 5.32. The maximum atomic E-state index is 13.6. The average molecular weight is 454 g/mol. The Morgan fingerprint density at radius 1 is 1.09 bits per heavy atom. The molecule has 1 aromatic carbocycles. The molecule has 9 heteroatoms. The third-order valence-corrected chi connectivity index (χ3v) is 6.72. The second-order valence-electron chi connectivity index (χ2n) is 7.39. The first kappa shape index (κ1) is 21.6. The second-order valence-corrected chi connectivity index (χ2v) is 8.31. The minimum atomic E-state index is -1.12. The molecule has 166 valence electrons. The summed E-state index contributed by atoms with van der Waals surface area (Å²) in [5, 5.41) is 21.5. The molecular formula is C23H23N3O5S. The summed E-state index contributed by atoms with van der Waals surface area (Å²) in [4.78, 5) is 40.9. The predicted octanol–water partition coefficient (Wildman–Crippen LogP) is 4.80. The fraction of sp³-hybridized carbons (Fsp3) is 0.261. The number of fused-ring (bicyclic) bond motifs is 3. The zero-order valence-electron chi connectivity index (χ0n) is 17.7. The molecule has 2 amide bonds. The average Bonchev–Trinajstić information content (AvgIpc) is 3.26. The van der Waals surface area contributed by atoms with Gasteiger partial charge in [-0.15, -0.1) is 11.3 Å². The van der Waals surface area contributed by atoms with Crippen molar-refractivity contribution in [1.82, 2.24) is 9.47 Å². The van der Waals surface area contributed by atoms with Gasteiger partial charge in [-0.1, -0.05) is 30.3 Å². The van der Waals surface area contributed by atoms with E-state index >= 15 is 0 Å². The predicted molar refractivity (Wildman–Crippen MR) is 124 cm³/mol. The number of hydrogen-bond acceptors (Lipinski definition) is 4. The molecule has 0 bridgehead atoms. The standard InChI is InChI=1S/C23H23N3O5S/c1-3-24(22(28)29)17-12-16(14-8-6-5-7-9-14)21(27)26-13-18(25(4-2)23(30)31)15-10-11-32-20(15)19(17)26/h5-12,18H,3-4,13H2,1-2H3,(H,28,29)(H,30,31). The number of hydrogen-bond donors (Lipinski definition) is 2. The summed E-state index contributed by atoms with van der Waals surface area (Å²) < 4.78 is 1.54. The van der Waals surface area contributed by atoms with Gasteiger partial charge >= 0.3 is 12.2 Å². The van der Waals surface area contributed by atoms with Gasteiger partial charge in [-0.2, -0.15) is 0 Å². The Balaban J connectivity index is 2.04. The van der Waals surface area contributed by atoms with Crippen LogP contribution in [0.5, 0.6) is 0 Å². The Morgan fingerprint density at radius 3 is 2.41 bits per heavy atom. The quantitative estimate of drug-likeness (QED) is 0.577. The van der Waals surface area contributed by atoms with Crippen molar-refractivity contribution in [2.45, 2.75) is 26.4 Å². The Bertz CT molecular complexity index is 1230. The summed E-state index contributed by atoms with van der Waals surface area (Å²) in [5.74, 6) is 0. The maximum absolute atomic E-state index is 13.6. The van der Waals surface area contributed by atoms with E-state index in [1.807, 2.05) is 29.6 Å². The molecule has 0 fully saturated rings. The molecule has 1 aliphatic heterocycles. The van der Waals surface area contributed by atoms with Crippen LogP contribution in [0, 0.1) is 0 Å². The number of aromatic nitrogens is 1. The molecular weight excluding hydrogens is 430 g/mol. The molecule has 2 N–H and O–H groups in total. The van der Waals surface area contributed by atoms with Crippen molar-refractivity contribution in [3.8, 4) is 21.7 Å². The van der Waals surface area contributed by atoms with Gasteiger partial charge in [0.15, 0.2) is 0 Å². The normalized spacial score (nSPS) is 14.4. The smallest absolute Gasteiger partial charge is 0.411 e. The zero-order chi connectivity index (χ0) is 23.0. The van der Waals surface area contributed by atoms with Crippen LogP contribution in [0.3, 0.4) is 0 Å². The molecule has 2 aromatic heterocycles. The van der Waals surface area contributed by atoms with Gasteiger partial charge in [0, 0.05) is 18.7 Å². The lowest BCUT2D eigenvalue weighted by atomic mass is 9.96. The Hall–Kier alpha value is -3.59. The number of thiophene rings is 1. The first-order chi connectivity index (χ1) is 15.4. The van der Waals surface area contributed by atoms with Crippen LogP contribution in [-0.2, 0) is 6.54 Å². The summed E-state index contributed by atoms with van der Waals surface area (Å²) in [7, 11) is 0. The number of benzene rings is 1. The highest BCUT2D eigenvalue weighted by Crippen LogP contribution is 2.45. The molecule has 3 aromatic rings. The molecule has 3 heterocycles. The number of amides is 2. The molecule has 0 saturated carbocycles. The van der Waals surface area contributed by atoms with Gasteiger partial charge < -0.3 is 14.8 Å². The lowest BCUT2D eigenvalue weighted by Crippen LogP contribution is -2.41. The number of likely N-dealkylation sites (N-methyl/N-ethyl adjacent to an activating group) is 1. The van der Waals surface area contributed by atoms with E-state index < -0.39 is 18.2 Å². The molecule has 0 spiro atoms. The molecule has 1 atom stereocenters. The number of rotatable bonds is 5. The summed E-state index contributed by atoms with van der Waals surface area (Å²) in [6.07, 6.45) is -2.18. The monoisotopic (exact) mass is 453 g/mol. The van der Waals surface area contributed by atoms with Crippen molar-refractivity contribution < 1.29 is 19.8 Å². The van der Waals surface area contributed by atoms with E-state index in [0.717, 1.165) is 5.56 Å². The van der Waals surface area contributed by atoms with Crippen molar-refractivity contribution in [1.29, 1.82) is 0 Å². The van der Waals surface area contributed by atoms with Crippen LogP contribution in [0.4, 0.5) is 15.3 Å². The Morgan fingerprint density at radius 2 is 1.81 bits per heavy atom. The van der Waals surface area contributed by atoms with Crippen LogP contribution >= 0.6 is 11.3 Å². The van der Waals surface area contributed by atoms with E-state index in [4.69, 9.17) is 0 Å². The highest BCUT2D eigenvalue weighted by molar-refractivity contribution is 7.13. The zero-order valence-corrected chi connectivity index (χ0v) is 18.5. The van der Waals surface area contributed by atoms with E-state index in [0.29, 0.717) is 27.4 Å². The van der Waals surface area contributed by atoms with Crippen molar-refractivity contribution in [2.75, 3.05) is 18.0 Å². The largest absolute Gasteiger partial charge is 0.465 e. The van der Waals surface area contributed by atoms with Gasteiger partial charge in [0.1, 0.15) is 0 Å². The molecule has 0 saturated heterocycles. The maximum Gasteiger partial charge on any atom is 0.411 e. The lowest BCUT2D eigenvalue weighted by Gasteiger charge is -2.35. The van der Waals surface area contributed by atoms with Crippen molar-refractivity contribution in [3.63, 3.8) is 0 Å². The highest BCUT2D eigenvalue weighted by atomic mass is 32.1. The van der Waals surface area contributed by atoms with Crippen LogP contribution in [0.1, 0.15) is 25.5 Å². The molecule has 0 radical (unpaired) electrons. The van der Waals surface area contributed by atoms with Crippen LogP contribution in [0.25, 0.3) is 21.7 Å². The minimum absolute atomic E-state index is 0.114. The SMILES string of the molecule is CCN(C(=O)O)c1cc(-c2ccccc2)c(=O)n2c1-c1sccc1C(N(CC)C(=O)O)C2. The van der Waals surface area contributed by atoms with Gasteiger partial charge in [-0.25, -0.2) is 9.59 Å². The first-order valence-corrected chi connectivity index (χ1v) is 11.2. The topological polar surface area (TPSA) is 103 Å². The number of carboxylic acid groups (broad SMARTS) is 2. The van der Waals surface area contributed by atoms with E-state index in [2.05, 4.69) is 0 Å². The van der Waals surface area contributed by atoms with Crippen molar-refractivity contribution in [3.05, 3.63) is 63.8 Å². The molecule has 1 aliphatic rings. The summed E-state index contributed by atoms with van der Waals surface area (Å²) in [5.41, 5.74) is 2.49. The number of carbonyl (C=O) groups is 2. The van der Waals surface area contributed by atoms with Crippen LogP contribution in [0.2, 0.25) is 0 Å². The molecule has 1 unspecified atom stereocenters. The van der Waals surface area contributed by atoms with Gasteiger partial charge in [0.05, 0.1) is 28.8 Å². The third-order valence-electron chi connectivity index (χ3n) is 5.78. The molecule has 32 heavy (non-hydrogen) atoms. The summed E-state index contributed by atoms with van der Waals surface area (Å²) in [6.45, 7) is 4.08. The Labute approximate surface area is 188 Å². The fourth-order valence-electron chi connectivity index (χ4n) is 4.30. The molecule has 8 nitrogen and oxygen atoms in total. The Kier molecular flexibility index (Phi) is 5.75. The van der Waals surface area contributed by atoms with Gasteiger partial charge in [0.2, 0.25) is 0 Å². The van der Waals surface area contributed by atoms with Crippen LogP contribution in [0.15, 0.2) is 52.6 Å². The highest BCUT2D eigenvalue weighted by Gasteiger charge is 2.36. The van der Waals surface area contributed by atoms with E-state index in [-0.39, 0.29) is 25.2 Å². The number of pyridine rings is 1. The molecule has 4 rings (SSSR count). The number of nitrogens with zero attached hydrogens (tertiary/aromatic N) is 3. The summed E-state index contributed by atoms with van der Waals surface area (Å²) >= 11 is 1.38. The van der Waals surface area contributed by atoms with Gasteiger partial charge in [-0.05, 0) is 42.5 Å². The van der Waals surface area contributed by atoms with E-state index in [1.165, 1.54) is 21.1 Å².